The van der Waals surface area contributed by atoms with E-state index in [-0.39, 0.29) is 18.7 Å². The molecule has 0 saturated carbocycles. The van der Waals surface area contributed by atoms with Crippen LogP contribution in [0, 0.1) is 0 Å². The van der Waals surface area contributed by atoms with Crippen LogP contribution in [0.5, 0.6) is 11.5 Å². The monoisotopic (exact) mass is 355 g/mol. The molecule has 1 unspecified atom stereocenters. The number of rotatable bonds is 3. The van der Waals surface area contributed by atoms with Crippen LogP contribution in [-0.4, -0.2) is 24.1 Å². The zero-order chi connectivity index (χ0) is 17.2. The van der Waals surface area contributed by atoms with Gasteiger partial charge in [-0.25, -0.2) is 0 Å². The Morgan fingerprint density at radius 1 is 1.20 bits per heavy atom. The van der Waals surface area contributed by atoms with Crippen molar-refractivity contribution < 1.29 is 14.3 Å². The molecular formula is C20H18ClNO3. The van der Waals surface area contributed by atoms with E-state index in [1.807, 2.05) is 29.2 Å². The molecule has 0 bridgehead atoms. The number of hydrogen-bond acceptors (Lipinski definition) is 3. The normalized spacial score (nSPS) is 18.9. The molecule has 0 aliphatic carbocycles. The fourth-order valence-corrected chi connectivity index (χ4v) is 3.67. The number of halogens is 1. The van der Waals surface area contributed by atoms with Gasteiger partial charge in [0.2, 0.25) is 12.7 Å². The summed E-state index contributed by atoms with van der Waals surface area (Å²) in [6.07, 6.45) is 5.40. The highest BCUT2D eigenvalue weighted by Crippen LogP contribution is 2.40. The van der Waals surface area contributed by atoms with Gasteiger partial charge in [0, 0.05) is 12.6 Å². The quantitative estimate of drug-likeness (QED) is 0.764. The van der Waals surface area contributed by atoms with Gasteiger partial charge in [-0.2, -0.15) is 0 Å². The maximum absolute atomic E-state index is 12.7. The summed E-state index contributed by atoms with van der Waals surface area (Å²) in [6, 6.07) is 13.9. The highest BCUT2D eigenvalue weighted by Gasteiger charge is 2.28. The van der Waals surface area contributed by atoms with Gasteiger partial charge in [0.05, 0.1) is 11.1 Å². The molecule has 2 heterocycles. The average molecular weight is 356 g/mol. The molecule has 4 nitrogen and oxygen atoms in total. The number of ether oxygens (including phenoxy) is 2. The largest absolute Gasteiger partial charge is 0.454 e. The summed E-state index contributed by atoms with van der Waals surface area (Å²) in [7, 11) is 0. The maximum atomic E-state index is 12.7. The van der Waals surface area contributed by atoms with Crippen LogP contribution in [0.1, 0.15) is 30.0 Å². The van der Waals surface area contributed by atoms with Crippen LogP contribution < -0.4 is 9.47 Å². The van der Waals surface area contributed by atoms with E-state index in [9.17, 15) is 4.79 Å². The summed E-state index contributed by atoms with van der Waals surface area (Å²) in [5, 5.41) is 0.491. The highest BCUT2D eigenvalue weighted by molar-refractivity contribution is 6.32. The van der Waals surface area contributed by atoms with Crippen LogP contribution in [0.4, 0.5) is 0 Å². The Morgan fingerprint density at radius 2 is 2.04 bits per heavy atom. The standard InChI is InChI=1S/C20H18ClNO3/c21-16-11-14(12-18-20(16)25-13-24-18)8-9-19(23)22-10-4-7-17(22)15-5-2-1-3-6-15/h1-3,5-6,8-9,11-12,17H,4,7,10,13H2/b9-8+. The van der Waals surface area contributed by atoms with Crippen molar-refractivity contribution in [2.24, 2.45) is 0 Å². The summed E-state index contributed by atoms with van der Waals surface area (Å²) >= 11 is 6.19. The number of hydrogen-bond donors (Lipinski definition) is 0. The van der Waals surface area contributed by atoms with Crippen LogP contribution >= 0.6 is 11.6 Å². The topological polar surface area (TPSA) is 38.8 Å². The molecule has 4 rings (SSSR count). The molecule has 2 aromatic carbocycles. The van der Waals surface area contributed by atoms with Crippen molar-refractivity contribution in [2.45, 2.75) is 18.9 Å². The Morgan fingerprint density at radius 3 is 2.88 bits per heavy atom. The Bertz CT molecular complexity index is 819. The van der Waals surface area contributed by atoms with Gasteiger partial charge in [0.15, 0.2) is 11.5 Å². The second kappa shape index (κ2) is 6.81. The predicted molar refractivity (Wildman–Crippen MR) is 96.7 cm³/mol. The molecule has 0 aromatic heterocycles. The molecular weight excluding hydrogens is 338 g/mol. The van der Waals surface area contributed by atoms with Gasteiger partial charge in [-0.15, -0.1) is 0 Å². The fourth-order valence-electron chi connectivity index (χ4n) is 3.40. The number of carbonyl (C=O) groups is 1. The van der Waals surface area contributed by atoms with E-state index in [2.05, 4.69) is 12.1 Å². The average Bonchev–Trinajstić information content (AvgIpc) is 3.30. The minimum atomic E-state index is 0.0140. The molecule has 128 valence electrons. The van der Waals surface area contributed by atoms with Crippen molar-refractivity contribution in [3.63, 3.8) is 0 Å². The SMILES string of the molecule is O=C(/C=C/c1cc(Cl)c2c(c1)OCO2)N1CCCC1c1ccccc1. The predicted octanol–water partition coefficient (Wildman–Crippen LogP) is 4.45. The minimum Gasteiger partial charge on any atom is -0.454 e. The number of amides is 1. The number of benzene rings is 2. The lowest BCUT2D eigenvalue weighted by molar-refractivity contribution is -0.126. The van der Waals surface area contributed by atoms with Crippen molar-refractivity contribution in [2.75, 3.05) is 13.3 Å². The van der Waals surface area contributed by atoms with Crippen LogP contribution in [0.25, 0.3) is 6.08 Å². The van der Waals surface area contributed by atoms with E-state index in [0.717, 1.165) is 24.9 Å². The van der Waals surface area contributed by atoms with E-state index < -0.39 is 0 Å². The van der Waals surface area contributed by atoms with Crippen LogP contribution in [0.15, 0.2) is 48.5 Å². The first kappa shape index (κ1) is 16.0. The van der Waals surface area contributed by atoms with E-state index >= 15 is 0 Å². The fraction of sp³-hybridized carbons (Fsp3) is 0.250. The van der Waals surface area contributed by atoms with E-state index in [0.29, 0.717) is 16.5 Å². The Labute approximate surface area is 151 Å². The molecule has 0 spiro atoms. The number of likely N-dealkylation sites (tertiary alicyclic amines) is 1. The summed E-state index contributed by atoms with van der Waals surface area (Å²) in [5.74, 6) is 1.19. The lowest BCUT2D eigenvalue weighted by Gasteiger charge is -2.23. The Kier molecular flexibility index (Phi) is 4.36. The van der Waals surface area contributed by atoms with Gasteiger partial charge in [0.25, 0.3) is 0 Å². The lowest BCUT2D eigenvalue weighted by Crippen LogP contribution is -2.28. The van der Waals surface area contributed by atoms with E-state index in [4.69, 9.17) is 21.1 Å². The lowest BCUT2D eigenvalue weighted by atomic mass is 10.0. The first-order valence-corrected chi connectivity index (χ1v) is 8.73. The summed E-state index contributed by atoms with van der Waals surface area (Å²) < 4.78 is 10.7. The molecule has 1 fully saturated rings. The first-order valence-electron chi connectivity index (χ1n) is 8.35. The zero-order valence-corrected chi connectivity index (χ0v) is 14.4. The number of fused-ring (bicyclic) bond motifs is 1. The molecule has 0 N–H and O–H groups in total. The van der Waals surface area contributed by atoms with Gasteiger partial charge in [0.1, 0.15) is 0 Å². The molecule has 1 atom stereocenters. The number of carbonyl (C=O) groups excluding carboxylic acids is 1. The summed E-state index contributed by atoms with van der Waals surface area (Å²) in [5.41, 5.74) is 2.01. The van der Waals surface area contributed by atoms with Gasteiger partial charge < -0.3 is 14.4 Å². The minimum absolute atomic E-state index is 0.0140. The third-order valence-corrected chi connectivity index (χ3v) is 4.87. The third-order valence-electron chi connectivity index (χ3n) is 4.59. The molecule has 2 aliphatic heterocycles. The molecule has 2 aliphatic rings. The van der Waals surface area contributed by atoms with Crippen LogP contribution in [0.3, 0.4) is 0 Å². The Balaban J connectivity index is 1.52. The summed E-state index contributed by atoms with van der Waals surface area (Å²) in [4.78, 5) is 14.6. The van der Waals surface area contributed by atoms with Gasteiger partial charge >= 0.3 is 0 Å². The second-order valence-corrected chi connectivity index (χ2v) is 6.58. The van der Waals surface area contributed by atoms with Crippen molar-refractivity contribution >= 4 is 23.6 Å². The van der Waals surface area contributed by atoms with Crippen LogP contribution in [0.2, 0.25) is 5.02 Å². The molecule has 5 heteroatoms. The van der Waals surface area contributed by atoms with Crippen molar-refractivity contribution in [1.82, 2.24) is 4.90 Å². The third kappa shape index (κ3) is 3.22. The van der Waals surface area contributed by atoms with E-state index in [1.165, 1.54) is 5.56 Å². The Hall–Kier alpha value is -2.46. The van der Waals surface area contributed by atoms with Crippen molar-refractivity contribution in [1.29, 1.82) is 0 Å². The zero-order valence-electron chi connectivity index (χ0n) is 13.7. The highest BCUT2D eigenvalue weighted by atomic mass is 35.5. The maximum Gasteiger partial charge on any atom is 0.247 e. The van der Waals surface area contributed by atoms with Gasteiger partial charge in [-0.1, -0.05) is 41.9 Å². The molecule has 25 heavy (non-hydrogen) atoms. The molecule has 1 saturated heterocycles. The van der Waals surface area contributed by atoms with Gasteiger partial charge in [-0.05, 0) is 42.2 Å². The first-order chi connectivity index (χ1) is 12.2. The van der Waals surface area contributed by atoms with Crippen LogP contribution in [-0.2, 0) is 4.79 Å². The van der Waals surface area contributed by atoms with Crippen molar-refractivity contribution in [3.8, 4) is 11.5 Å². The van der Waals surface area contributed by atoms with Crippen molar-refractivity contribution in [3.05, 3.63) is 64.7 Å². The van der Waals surface area contributed by atoms with Gasteiger partial charge in [-0.3, -0.25) is 4.79 Å². The summed E-state index contributed by atoms with van der Waals surface area (Å²) in [6.45, 7) is 0.957. The second-order valence-electron chi connectivity index (χ2n) is 6.17. The molecule has 1 amide bonds. The smallest absolute Gasteiger partial charge is 0.247 e. The molecule has 2 aromatic rings. The number of nitrogens with zero attached hydrogens (tertiary/aromatic N) is 1. The molecule has 0 radical (unpaired) electrons. The van der Waals surface area contributed by atoms with E-state index in [1.54, 1.807) is 18.2 Å².